The number of benzene rings is 3. The van der Waals surface area contributed by atoms with Crippen LogP contribution in [0, 0.1) is 0 Å². The molecule has 1 fully saturated rings. The molecule has 0 saturated carbocycles. The monoisotopic (exact) mass is 593 g/mol. The van der Waals surface area contributed by atoms with Gasteiger partial charge in [-0.25, -0.2) is 0 Å². The summed E-state index contributed by atoms with van der Waals surface area (Å²) in [7, 11) is 0. The molecular weight excluding hydrogens is 559 g/mol. The smallest absolute Gasteiger partial charge is 0.405 e. The van der Waals surface area contributed by atoms with Crippen LogP contribution in [0.5, 0.6) is 11.5 Å². The van der Waals surface area contributed by atoms with Gasteiger partial charge in [0.25, 0.3) is 0 Å². The number of hydrogen-bond donors (Lipinski definition) is 1. The highest BCUT2D eigenvalue weighted by molar-refractivity contribution is 6.00. The summed E-state index contributed by atoms with van der Waals surface area (Å²) in [6, 6.07) is 20.6. The van der Waals surface area contributed by atoms with Crippen LogP contribution in [0.1, 0.15) is 36.0 Å². The molecule has 1 aliphatic carbocycles. The normalized spacial score (nSPS) is 17.0. The van der Waals surface area contributed by atoms with Gasteiger partial charge in [0.15, 0.2) is 11.5 Å². The molecule has 7 nitrogen and oxygen atoms in total. The maximum atomic E-state index is 13.6. The van der Waals surface area contributed by atoms with Crippen LogP contribution in [0.25, 0.3) is 11.1 Å². The Morgan fingerprint density at radius 1 is 0.837 bits per heavy atom. The first kappa shape index (κ1) is 29.0. The average Bonchev–Trinajstić information content (AvgIpc) is 3.59. The fourth-order valence-corrected chi connectivity index (χ4v) is 6.57. The second-order valence-electron chi connectivity index (χ2n) is 11.3. The molecule has 0 spiro atoms. The lowest BCUT2D eigenvalue weighted by Crippen LogP contribution is -2.49. The number of hydrogen-bond acceptors (Lipinski definition) is 5. The van der Waals surface area contributed by atoms with E-state index in [0.29, 0.717) is 43.9 Å². The van der Waals surface area contributed by atoms with Crippen molar-refractivity contribution in [3.63, 3.8) is 0 Å². The Morgan fingerprint density at radius 3 is 2.16 bits per heavy atom. The Bertz CT molecular complexity index is 1460. The van der Waals surface area contributed by atoms with Gasteiger partial charge in [-0.15, -0.1) is 0 Å². The van der Waals surface area contributed by atoms with Crippen molar-refractivity contribution >= 4 is 11.8 Å². The van der Waals surface area contributed by atoms with Crippen LogP contribution < -0.4 is 14.8 Å². The first-order valence-electron chi connectivity index (χ1n) is 14.7. The van der Waals surface area contributed by atoms with Crippen molar-refractivity contribution in [1.82, 2.24) is 15.1 Å². The SMILES string of the molecule is O=C(Cc1ccc2c(c1)OCO2)N1CCN(CCCCC2(C(=O)NCC(F)(F)F)c3ccccc3-c3ccccc32)CC1. The molecule has 6 rings (SSSR count). The molecule has 2 aliphatic heterocycles. The van der Waals surface area contributed by atoms with Crippen molar-refractivity contribution in [2.45, 2.75) is 37.3 Å². The maximum Gasteiger partial charge on any atom is 0.405 e. The van der Waals surface area contributed by atoms with E-state index in [0.717, 1.165) is 53.9 Å². The molecule has 0 unspecified atom stereocenters. The summed E-state index contributed by atoms with van der Waals surface area (Å²) >= 11 is 0. The van der Waals surface area contributed by atoms with Gasteiger partial charge in [0, 0.05) is 26.2 Å². The summed E-state index contributed by atoms with van der Waals surface area (Å²) in [6.07, 6.45) is -2.35. The zero-order valence-electron chi connectivity index (χ0n) is 23.8. The number of amides is 2. The third kappa shape index (κ3) is 5.93. The van der Waals surface area contributed by atoms with Crippen molar-refractivity contribution in [2.24, 2.45) is 0 Å². The summed E-state index contributed by atoms with van der Waals surface area (Å²) in [4.78, 5) is 30.8. The van der Waals surface area contributed by atoms with Gasteiger partial charge >= 0.3 is 6.18 Å². The molecule has 2 heterocycles. The largest absolute Gasteiger partial charge is 0.454 e. The number of carbonyl (C=O) groups is 2. The highest BCUT2D eigenvalue weighted by Crippen LogP contribution is 2.51. The highest BCUT2D eigenvalue weighted by atomic mass is 19.4. The van der Waals surface area contributed by atoms with E-state index >= 15 is 0 Å². The second-order valence-corrected chi connectivity index (χ2v) is 11.3. The minimum absolute atomic E-state index is 0.0730. The zero-order valence-corrected chi connectivity index (χ0v) is 23.8. The van der Waals surface area contributed by atoms with E-state index in [1.807, 2.05) is 71.6 Å². The lowest BCUT2D eigenvalue weighted by Gasteiger charge is -2.35. The fraction of sp³-hybridized carbons (Fsp3) is 0.394. The van der Waals surface area contributed by atoms with Crippen LogP contribution in [-0.4, -0.2) is 73.9 Å². The van der Waals surface area contributed by atoms with Crippen LogP contribution in [0.15, 0.2) is 66.7 Å². The standard InChI is InChI=1S/C33H34F3N3O4/c34-33(35,36)21-37-31(41)32(26-9-3-1-7-24(26)25-8-2-4-10-27(25)32)13-5-6-14-38-15-17-39(18-16-38)30(40)20-23-11-12-28-29(19-23)43-22-42-28/h1-4,7-12,19H,5-6,13-18,20-22H2,(H,37,41). The number of rotatable bonds is 9. The number of alkyl halides is 3. The Hall–Kier alpha value is -4.05. The minimum Gasteiger partial charge on any atom is -0.454 e. The Labute approximate surface area is 248 Å². The molecule has 3 aromatic carbocycles. The molecule has 3 aromatic rings. The van der Waals surface area contributed by atoms with Gasteiger partial charge in [-0.05, 0) is 59.3 Å². The van der Waals surface area contributed by atoms with E-state index in [2.05, 4.69) is 10.2 Å². The molecule has 226 valence electrons. The van der Waals surface area contributed by atoms with Gasteiger partial charge in [-0.2, -0.15) is 13.2 Å². The summed E-state index contributed by atoms with van der Waals surface area (Å²) in [5.74, 6) is 0.819. The third-order valence-corrected chi connectivity index (χ3v) is 8.69. The van der Waals surface area contributed by atoms with Crippen molar-refractivity contribution < 1.29 is 32.2 Å². The fourth-order valence-electron chi connectivity index (χ4n) is 6.57. The van der Waals surface area contributed by atoms with Crippen molar-refractivity contribution in [3.8, 4) is 22.6 Å². The summed E-state index contributed by atoms with van der Waals surface area (Å²) in [5.41, 5.74) is 3.00. The van der Waals surface area contributed by atoms with E-state index in [1.54, 1.807) is 0 Å². The van der Waals surface area contributed by atoms with E-state index in [4.69, 9.17) is 9.47 Å². The number of piperazine rings is 1. The second kappa shape index (κ2) is 11.9. The molecule has 0 radical (unpaired) electrons. The molecule has 43 heavy (non-hydrogen) atoms. The lowest BCUT2D eigenvalue weighted by molar-refractivity contribution is -0.141. The van der Waals surface area contributed by atoms with Gasteiger partial charge in [0.2, 0.25) is 18.6 Å². The Kier molecular flexibility index (Phi) is 8.05. The van der Waals surface area contributed by atoms with Crippen LogP contribution in [0.4, 0.5) is 13.2 Å². The number of ether oxygens (including phenoxy) is 2. The summed E-state index contributed by atoms with van der Waals surface area (Å²) < 4.78 is 50.1. The number of unbranched alkanes of at least 4 members (excludes halogenated alkanes) is 1. The Morgan fingerprint density at radius 2 is 1.49 bits per heavy atom. The van der Waals surface area contributed by atoms with Gasteiger partial charge in [0.05, 0.1) is 6.42 Å². The molecule has 0 atom stereocenters. The third-order valence-electron chi connectivity index (χ3n) is 8.69. The molecule has 3 aliphatic rings. The summed E-state index contributed by atoms with van der Waals surface area (Å²) in [5, 5.41) is 2.20. The van der Waals surface area contributed by atoms with E-state index in [-0.39, 0.29) is 12.7 Å². The van der Waals surface area contributed by atoms with Gasteiger partial charge in [-0.3, -0.25) is 14.5 Å². The number of nitrogens with one attached hydrogen (secondary N) is 1. The molecule has 0 aromatic heterocycles. The predicted octanol–water partition coefficient (Wildman–Crippen LogP) is 4.92. The van der Waals surface area contributed by atoms with Crippen LogP contribution in [-0.2, 0) is 21.4 Å². The molecule has 1 N–H and O–H groups in total. The van der Waals surface area contributed by atoms with Gasteiger partial charge in [-0.1, -0.05) is 61.0 Å². The predicted molar refractivity (Wildman–Crippen MR) is 155 cm³/mol. The van der Waals surface area contributed by atoms with Gasteiger partial charge < -0.3 is 19.7 Å². The quantitative estimate of drug-likeness (QED) is 0.357. The van der Waals surface area contributed by atoms with Crippen molar-refractivity contribution in [2.75, 3.05) is 46.1 Å². The van der Waals surface area contributed by atoms with E-state index in [1.165, 1.54) is 0 Å². The first-order chi connectivity index (χ1) is 20.7. The van der Waals surface area contributed by atoms with E-state index in [9.17, 15) is 22.8 Å². The first-order valence-corrected chi connectivity index (χ1v) is 14.7. The van der Waals surface area contributed by atoms with Gasteiger partial charge in [0.1, 0.15) is 12.0 Å². The van der Waals surface area contributed by atoms with Crippen LogP contribution >= 0.6 is 0 Å². The highest BCUT2D eigenvalue weighted by Gasteiger charge is 2.49. The zero-order chi connectivity index (χ0) is 30.0. The van der Waals surface area contributed by atoms with E-state index < -0.39 is 24.0 Å². The van der Waals surface area contributed by atoms with Crippen LogP contribution in [0.3, 0.4) is 0 Å². The molecule has 2 amide bonds. The molecular formula is C33H34F3N3O4. The van der Waals surface area contributed by atoms with Crippen molar-refractivity contribution in [3.05, 3.63) is 83.4 Å². The number of carbonyl (C=O) groups excluding carboxylic acids is 2. The lowest BCUT2D eigenvalue weighted by atomic mass is 9.73. The average molecular weight is 594 g/mol. The van der Waals surface area contributed by atoms with Crippen LogP contribution in [0.2, 0.25) is 0 Å². The number of halogens is 3. The summed E-state index contributed by atoms with van der Waals surface area (Å²) in [6.45, 7) is 2.37. The minimum atomic E-state index is -4.50. The molecule has 1 saturated heterocycles. The number of fused-ring (bicyclic) bond motifs is 4. The Balaban J connectivity index is 1.06. The molecule has 0 bridgehead atoms. The van der Waals surface area contributed by atoms with Crippen molar-refractivity contribution in [1.29, 1.82) is 0 Å². The number of nitrogens with zero attached hydrogens (tertiary/aromatic N) is 2. The molecule has 10 heteroatoms. The topological polar surface area (TPSA) is 71.1 Å². The maximum absolute atomic E-state index is 13.6.